The number of hydrogen-bond donors (Lipinski definition) is 2. The van der Waals surface area contributed by atoms with E-state index in [0.717, 1.165) is 12.2 Å². The molecular formula is C13H19N3. The maximum absolute atomic E-state index is 5.78. The molecule has 0 saturated carbocycles. The normalized spacial score (nSPS) is 19.2. The molecule has 0 amide bonds. The number of benzene rings is 1. The van der Waals surface area contributed by atoms with E-state index in [1.54, 1.807) is 0 Å². The van der Waals surface area contributed by atoms with E-state index < -0.39 is 0 Å². The maximum Gasteiger partial charge on any atom is 0.101 e. The largest absolute Gasteiger partial charge is 0.399 e. The van der Waals surface area contributed by atoms with Gasteiger partial charge in [0.1, 0.15) is 6.17 Å². The fourth-order valence-corrected chi connectivity index (χ4v) is 2.05. The highest BCUT2D eigenvalue weighted by atomic mass is 15.3. The molecule has 0 radical (unpaired) electrons. The highest BCUT2D eigenvalue weighted by molar-refractivity contribution is 5.40. The average molecular weight is 217 g/mol. The topological polar surface area (TPSA) is 41.3 Å². The summed E-state index contributed by atoms with van der Waals surface area (Å²) in [5.41, 5.74) is 7.85. The molecule has 3 heteroatoms. The Balaban J connectivity index is 2.06. The van der Waals surface area contributed by atoms with E-state index in [2.05, 4.69) is 36.3 Å². The summed E-state index contributed by atoms with van der Waals surface area (Å²) in [6, 6.07) is 8.06. The molecular weight excluding hydrogens is 198 g/mol. The minimum Gasteiger partial charge on any atom is -0.399 e. The van der Waals surface area contributed by atoms with Crippen LogP contribution in [0.1, 0.15) is 19.4 Å². The quantitative estimate of drug-likeness (QED) is 0.762. The van der Waals surface area contributed by atoms with Crippen molar-refractivity contribution in [2.75, 3.05) is 5.73 Å². The van der Waals surface area contributed by atoms with Crippen LogP contribution in [-0.2, 0) is 6.54 Å². The van der Waals surface area contributed by atoms with E-state index in [4.69, 9.17) is 5.73 Å². The van der Waals surface area contributed by atoms with Crippen LogP contribution in [0.5, 0.6) is 0 Å². The van der Waals surface area contributed by atoms with Gasteiger partial charge in [0.25, 0.3) is 0 Å². The summed E-state index contributed by atoms with van der Waals surface area (Å²) < 4.78 is 0. The summed E-state index contributed by atoms with van der Waals surface area (Å²) >= 11 is 0. The molecule has 16 heavy (non-hydrogen) atoms. The molecule has 0 fully saturated rings. The molecule has 3 nitrogen and oxygen atoms in total. The monoisotopic (exact) mass is 217 g/mol. The smallest absolute Gasteiger partial charge is 0.101 e. The van der Waals surface area contributed by atoms with Gasteiger partial charge in [0.15, 0.2) is 0 Å². The van der Waals surface area contributed by atoms with Crippen LogP contribution in [0.3, 0.4) is 0 Å². The second-order valence-corrected chi connectivity index (χ2v) is 4.59. The van der Waals surface area contributed by atoms with Crippen LogP contribution in [0, 0.1) is 5.92 Å². The number of anilines is 1. The lowest BCUT2D eigenvalue weighted by atomic mass is 10.1. The second kappa shape index (κ2) is 4.47. The van der Waals surface area contributed by atoms with Gasteiger partial charge >= 0.3 is 0 Å². The molecule has 1 aromatic rings. The first-order chi connectivity index (χ1) is 7.66. The third kappa shape index (κ3) is 2.30. The molecule has 1 heterocycles. The van der Waals surface area contributed by atoms with Crippen LogP contribution in [0.25, 0.3) is 0 Å². The van der Waals surface area contributed by atoms with Gasteiger partial charge in [-0.05, 0) is 23.6 Å². The zero-order valence-corrected chi connectivity index (χ0v) is 9.85. The van der Waals surface area contributed by atoms with Gasteiger partial charge in [-0.25, -0.2) is 0 Å². The Morgan fingerprint density at radius 2 is 2.25 bits per heavy atom. The van der Waals surface area contributed by atoms with Crippen LogP contribution in [0.15, 0.2) is 36.7 Å². The Morgan fingerprint density at radius 3 is 2.94 bits per heavy atom. The van der Waals surface area contributed by atoms with Crippen LogP contribution < -0.4 is 11.1 Å². The van der Waals surface area contributed by atoms with Gasteiger partial charge < -0.3 is 16.0 Å². The Bertz CT molecular complexity index is 385. The van der Waals surface area contributed by atoms with Gasteiger partial charge in [0, 0.05) is 24.6 Å². The molecule has 86 valence electrons. The third-order valence-electron chi connectivity index (χ3n) is 2.84. The van der Waals surface area contributed by atoms with Gasteiger partial charge in [0.05, 0.1) is 0 Å². The first-order valence-corrected chi connectivity index (χ1v) is 5.69. The molecule has 0 saturated heterocycles. The molecule has 2 rings (SSSR count). The maximum atomic E-state index is 5.78. The van der Waals surface area contributed by atoms with Crippen molar-refractivity contribution >= 4 is 5.69 Å². The fourth-order valence-electron chi connectivity index (χ4n) is 2.05. The second-order valence-electron chi connectivity index (χ2n) is 4.59. The average Bonchev–Trinajstić information content (AvgIpc) is 2.66. The molecule has 0 spiro atoms. The van der Waals surface area contributed by atoms with E-state index >= 15 is 0 Å². The van der Waals surface area contributed by atoms with Crippen molar-refractivity contribution in [1.29, 1.82) is 0 Å². The summed E-state index contributed by atoms with van der Waals surface area (Å²) in [5.74, 6) is 0.580. The zero-order chi connectivity index (χ0) is 11.5. The van der Waals surface area contributed by atoms with Crippen molar-refractivity contribution in [2.45, 2.75) is 26.6 Å². The van der Waals surface area contributed by atoms with Gasteiger partial charge in [-0.3, -0.25) is 0 Å². The lowest BCUT2D eigenvalue weighted by Crippen LogP contribution is -2.39. The lowest BCUT2D eigenvalue weighted by molar-refractivity contribution is 0.213. The van der Waals surface area contributed by atoms with Gasteiger partial charge in [-0.15, -0.1) is 0 Å². The van der Waals surface area contributed by atoms with Gasteiger partial charge in [-0.2, -0.15) is 0 Å². The molecule has 3 N–H and O–H groups in total. The van der Waals surface area contributed by atoms with E-state index in [1.165, 1.54) is 5.56 Å². The molecule has 0 aromatic heterocycles. The number of rotatable bonds is 3. The summed E-state index contributed by atoms with van der Waals surface area (Å²) in [7, 11) is 0. The number of nitrogens with zero attached hydrogens (tertiary/aromatic N) is 1. The van der Waals surface area contributed by atoms with E-state index in [9.17, 15) is 0 Å². The first kappa shape index (κ1) is 10.9. The van der Waals surface area contributed by atoms with Crippen molar-refractivity contribution in [3.8, 4) is 0 Å². The van der Waals surface area contributed by atoms with Crippen molar-refractivity contribution in [3.63, 3.8) is 0 Å². The standard InChI is InChI=1S/C13H19N3/c1-10(2)13-15-6-7-16(13)9-11-4-3-5-12(14)8-11/h3-8,10,13,15H,9,14H2,1-2H3. The first-order valence-electron chi connectivity index (χ1n) is 5.69. The molecule has 1 unspecified atom stereocenters. The summed E-state index contributed by atoms with van der Waals surface area (Å²) in [4.78, 5) is 2.31. The molecule has 0 bridgehead atoms. The number of hydrogen-bond acceptors (Lipinski definition) is 3. The Hall–Kier alpha value is -1.64. The summed E-state index contributed by atoms with van der Waals surface area (Å²) in [6.07, 6.45) is 4.51. The highest BCUT2D eigenvalue weighted by Gasteiger charge is 2.21. The molecule has 1 aliphatic heterocycles. The predicted molar refractivity (Wildman–Crippen MR) is 67.3 cm³/mol. The number of nitrogens with two attached hydrogens (primary N) is 1. The molecule has 1 atom stereocenters. The fraction of sp³-hybridized carbons (Fsp3) is 0.385. The number of nitrogen functional groups attached to an aromatic ring is 1. The van der Waals surface area contributed by atoms with E-state index in [0.29, 0.717) is 12.1 Å². The minimum absolute atomic E-state index is 0.390. The SMILES string of the molecule is CC(C)C1NC=CN1Cc1cccc(N)c1. The van der Waals surface area contributed by atoms with Gasteiger partial charge in [-0.1, -0.05) is 26.0 Å². The zero-order valence-electron chi connectivity index (χ0n) is 9.85. The van der Waals surface area contributed by atoms with Crippen molar-refractivity contribution < 1.29 is 0 Å². The Morgan fingerprint density at radius 1 is 1.44 bits per heavy atom. The molecule has 1 aromatic carbocycles. The van der Waals surface area contributed by atoms with Crippen molar-refractivity contribution in [3.05, 3.63) is 42.2 Å². The summed E-state index contributed by atoms with van der Waals surface area (Å²) in [5, 5.41) is 3.36. The van der Waals surface area contributed by atoms with E-state index in [1.807, 2.05) is 24.4 Å². The van der Waals surface area contributed by atoms with Crippen LogP contribution >= 0.6 is 0 Å². The molecule has 0 aliphatic carbocycles. The van der Waals surface area contributed by atoms with E-state index in [-0.39, 0.29) is 0 Å². The predicted octanol–water partition coefficient (Wildman–Crippen LogP) is 2.13. The summed E-state index contributed by atoms with van der Waals surface area (Å²) in [6.45, 7) is 5.34. The van der Waals surface area contributed by atoms with Crippen LogP contribution in [-0.4, -0.2) is 11.1 Å². The minimum atomic E-state index is 0.390. The van der Waals surface area contributed by atoms with Crippen molar-refractivity contribution in [2.24, 2.45) is 5.92 Å². The lowest BCUT2D eigenvalue weighted by Gasteiger charge is -2.28. The Labute approximate surface area is 96.9 Å². The van der Waals surface area contributed by atoms with Crippen LogP contribution in [0.4, 0.5) is 5.69 Å². The van der Waals surface area contributed by atoms with Crippen LogP contribution in [0.2, 0.25) is 0 Å². The van der Waals surface area contributed by atoms with Crippen molar-refractivity contribution in [1.82, 2.24) is 10.2 Å². The number of nitrogens with one attached hydrogen (secondary N) is 1. The van der Waals surface area contributed by atoms with Gasteiger partial charge in [0.2, 0.25) is 0 Å². The molecule has 1 aliphatic rings. The highest BCUT2D eigenvalue weighted by Crippen LogP contribution is 2.18. The Kier molecular flexibility index (Phi) is 3.04. The third-order valence-corrected chi connectivity index (χ3v) is 2.84.